The Morgan fingerprint density at radius 1 is 0.778 bits per heavy atom. The third-order valence-corrected chi connectivity index (χ3v) is 3.09. The summed E-state index contributed by atoms with van der Waals surface area (Å²) in [6, 6.07) is 0.864. The second kappa shape index (κ2) is 14.4. The molecule has 0 bridgehead atoms. The van der Waals surface area contributed by atoms with Gasteiger partial charge in [-0.05, 0) is 6.42 Å². The van der Waals surface area contributed by atoms with Crippen LogP contribution in [0.3, 0.4) is 0 Å². The van der Waals surface area contributed by atoms with Crippen LogP contribution in [0.2, 0.25) is 0 Å². The standard InChI is InChI=1S/C18H25F3O6/c1-2-4-23-6-8-25-10-11-26-9-7-24-5-3-17(22)27-18-15(20)12-14(19)13-16(18)21/h12-13H,2-11H2,1H3. The third kappa shape index (κ3) is 10.9. The zero-order valence-electron chi connectivity index (χ0n) is 15.3. The van der Waals surface area contributed by atoms with E-state index in [0.29, 0.717) is 45.2 Å². The Balaban J connectivity index is 1.99. The van der Waals surface area contributed by atoms with Crippen LogP contribution in [0.25, 0.3) is 0 Å². The van der Waals surface area contributed by atoms with Crippen molar-refractivity contribution in [2.75, 3.05) is 52.9 Å². The van der Waals surface area contributed by atoms with Crippen molar-refractivity contribution in [3.63, 3.8) is 0 Å². The zero-order valence-corrected chi connectivity index (χ0v) is 15.3. The van der Waals surface area contributed by atoms with E-state index >= 15 is 0 Å². The Bertz CT molecular complexity index is 533. The fourth-order valence-electron chi connectivity index (χ4n) is 1.85. The molecule has 0 spiro atoms. The molecule has 154 valence electrons. The van der Waals surface area contributed by atoms with Crippen LogP contribution < -0.4 is 4.74 Å². The van der Waals surface area contributed by atoms with E-state index in [4.69, 9.17) is 18.9 Å². The molecule has 0 heterocycles. The summed E-state index contributed by atoms with van der Waals surface area (Å²) in [5, 5.41) is 0. The van der Waals surface area contributed by atoms with E-state index in [1.165, 1.54) is 0 Å². The highest BCUT2D eigenvalue weighted by Crippen LogP contribution is 2.23. The van der Waals surface area contributed by atoms with E-state index in [9.17, 15) is 18.0 Å². The van der Waals surface area contributed by atoms with E-state index in [1.807, 2.05) is 6.92 Å². The molecule has 0 aliphatic carbocycles. The van der Waals surface area contributed by atoms with Gasteiger partial charge in [0.2, 0.25) is 5.75 Å². The lowest BCUT2D eigenvalue weighted by Crippen LogP contribution is -2.15. The van der Waals surface area contributed by atoms with E-state index < -0.39 is 29.2 Å². The molecule has 0 amide bonds. The molecule has 0 aromatic heterocycles. The average molecular weight is 394 g/mol. The average Bonchev–Trinajstić information content (AvgIpc) is 2.62. The first-order valence-electron chi connectivity index (χ1n) is 8.70. The lowest BCUT2D eigenvalue weighted by molar-refractivity contribution is -0.136. The monoisotopic (exact) mass is 394 g/mol. The Kier molecular flexibility index (Phi) is 12.4. The minimum Gasteiger partial charge on any atom is -0.420 e. The van der Waals surface area contributed by atoms with Crippen molar-refractivity contribution >= 4 is 5.97 Å². The Labute approximate surface area is 156 Å². The van der Waals surface area contributed by atoms with Gasteiger partial charge in [-0.1, -0.05) is 6.92 Å². The van der Waals surface area contributed by atoms with Crippen LogP contribution in [0.5, 0.6) is 5.75 Å². The number of esters is 1. The summed E-state index contributed by atoms with van der Waals surface area (Å²) in [4.78, 5) is 11.5. The Morgan fingerprint density at radius 3 is 1.70 bits per heavy atom. The van der Waals surface area contributed by atoms with E-state index in [0.717, 1.165) is 13.0 Å². The number of halogens is 3. The normalized spacial score (nSPS) is 11.0. The van der Waals surface area contributed by atoms with Gasteiger partial charge in [0.15, 0.2) is 11.6 Å². The molecule has 0 N–H and O–H groups in total. The predicted octanol–water partition coefficient (Wildman–Crippen LogP) is 2.88. The molecular weight excluding hydrogens is 369 g/mol. The van der Waals surface area contributed by atoms with Crippen molar-refractivity contribution in [3.05, 3.63) is 29.6 Å². The molecule has 0 atom stereocenters. The van der Waals surface area contributed by atoms with Gasteiger partial charge in [-0.3, -0.25) is 4.79 Å². The van der Waals surface area contributed by atoms with E-state index in [1.54, 1.807) is 0 Å². The highest BCUT2D eigenvalue weighted by molar-refractivity contribution is 5.72. The second-order valence-electron chi connectivity index (χ2n) is 5.37. The smallest absolute Gasteiger partial charge is 0.313 e. The van der Waals surface area contributed by atoms with Gasteiger partial charge in [0, 0.05) is 18.7 Å². The van der Waals surface area contributed by atoms with Gasteiger partial charge in [0.1, 0.15) is 5.82 Å². The molecule has 0 aliphatic heterocycles. The highest BCUT2D eigenvalue weighted by atomic mass is 19.1. The molecule has 9 heteroatoms. The topological polar surface area (TPSA) is 63.2 Å². The van der Waals surface area contributed by atoms with Crippen LogP contribution in [-0.4, -0.2) is 58.8 Å². The van der Waals surface area contributed by atoms with Crippen molar-refractivity contribution < 1.29 is 41.7 Å². The number of benzene rings is 1. The van der Waals surface area contributed by atoms with Crippen LogP contribution in [0.1, 0.15) is 19.8 Å². The predicted molar refractivity (Wildman–Crippen MR) is 90.1 cm³/mol. The number of rotatable bonds is 15. The third-order valence-electron chi connectivity index (χ3n) is 3.09. The molecule has 1 aromatic rings. The van der Waals surface area contributed by atoms with Crippen molar-refractivity contribution in [2.24, 2.45) is 0 Å². The summed E-state index contributed by atoms with van der Waals surface area (Å²) in [5.74, 6) is -5.48. The van der Waals surface area contributed by atoms with Gasteiger partial charge in [0.25, 0.3) is 0 Å². The summed E-state index contributed by atoms with van der Waals surface area (Å²) < 4.78 is 65.0. The molecule has 0 fully saturated rings. The largest absolute Gasteiger partial charge is 0.420 e. The maximum absolute atomic E-state index is 13.3. The molecule has 6 nitrogen and oxygen atoms in total. The van der Waals surface area contributed by atoms with Gasteiger partial charge in [0.05, 0.1) is 52.7 Å². The van der Waals surface area contributed by atoms with E-state index in [2.05, 4.69) is 4.74 Å². The molecular formula is C18H25F3O6. The van der Waals surface area contributed by atoms with Gasteiger partial charge >= 0.3 is 5.97 Å². The van der Waals surface area contributed by atoms with Crippen LogP contribution in [-0.2, 0) is 23.7 Å². The molecule has 0 saturated heterocycles. The summed E-state index contributed by atoms with van der Waals surface area (Å²) in [6.45, 7) is 5.22. The maximum Gasteiger partial charge on any atom is 0.313 e. The molecule has 0 radical (unpaired) electrons. The Morgan fingerprint density at radius 2 is 1.22 bits per heavy atom. The first kappa shape index (κ1) is 23.4. The van der Waals surface area contributed by atoms with Gasteiger partial charge in [-0.15, -0.1) is 0 Å². The van der Waals surface area contributed by atoms with Gasteiger partial charge < -0.3 is 23.7 Å². The fraction of sp³-hybridized carbons (Fsp3) is 0.611. The molecule has 1 rings (SSSR count). The minimum atomic E-state index is -1.28. The lowest BCUT2D eigenvalue weighted by atomic mass is 10.3. The number of carbonyl (C=O) groups is 1. The fourth-order valence-corrected chi connectivity index (χ4v) is 1.85. The minimum absolute atomic E-state index is 0.00209. The van der Waals surface area contributed by atoms with Crippen molar-refractivity contribution in [3.8, 4) is 5.75 Å². The second-order valence-corrected chi connectivity index (χ2v) is 5.37. The molecule has 27 heavy (non-hydrogen) atoms. The molecule has 1 aromatic carbocycles. The number of hydrogen-bond acceptors (Lipinski definition) is 6. The van der Waals surface area contributed by atoms with Gasteiger partial charge in [-0.25, -0.2) is 13.2 Å². The molecule has 0 saturated carbocycles. The summed E-state index contributed by atoms with van der Waals surface area (Å²) in [7, 11) is 0. The van der Waals surface area contributed by atoms with Crippen LogP contribution in [0.4, 0.5) is 13.2 Å². The summed E-state index contributed by atoms with van der Waals surface area (Å²) in [6.07, 6.45) is 0.762. The molecule has 0 unspecified atom stereocenters. The molecule has 0 aliphatic rings. The first-order valence-corrected chi connectivity index (χ1v) is 8.70. The highest BCUT2D eigenvalue weighted by Gasteiger charge is 2.16. The summed E-state index contributed by atoms with van der Waals surface area (Å²) >= 11 is 0. The Hall–Kier alpha value is -1.68. The summed E-state index contributed by atoms with van der Waals surface area (Å²) in [5.41, 5.74) is 0. The van der Waals surface area contributed by atoms with Crippen LogP contribution in [0, 0.1) is 17.5 Å². The van der Waals surface area contributed by atoms with Crippen LogP contribution in [0.15, 0.2) is 12.1 Å². The zero-order chi connectivity index (χ0) is 19.9. The quantitative estimate of drug-likeness (QED) is 0.259. The number of hydrogen-bond donors (Lipinski definition) is 0. The first-order chi connectivity index (χ1) is 13.0. The number of carbonyl (C=O) groups excluding carboxylic acids is 1. The van der Waals surface area contributed by atoms with E-state index in [-0.39, 0.29) is 19.6 Å². The SMILES string of the molecule is CCCOCCOCCOCCOCCC(=O)Oc1c(F)cc(F)cc1F. The van der Waals surface area contributed by atoms with Crippen molar-refractivity contribution in [1.82, 2.24) is 0 Å². The van der Waals surface area contributed by atoms with Crippen LogP contribution >= 0.6 is 0 Å². The lowest BCUT2D eigenvalue weighted by Gasteiger charge is -2.08. The van der Waals surface area contributed by atoms with Crippen molar-refractivity contribution in [2.45, 2.75) is 19.8 Å². The van der Waals surface area contributed by atoms with Gasteiger partial charge in [-0.2, -0.15) is 0 Å². The maximum atomic E-state index is 13.3. The number of ether oxygens (including phenoxy) is 5. The van der Waals surface area contributed by atoms with Crippen molar-refractivity contribution in [1.29, 1.82) is 0 Å².